The predicted octanol–water partition coefficient (Wildman–Crippen LogP) is 6.01. The van der Waals surface area contributed by atoms with E-state index < -0.39 is 0 Å². The third-order valence-corrected chi connectivity index (χ3v) is 7.14. The van der Waals surface area contributed by atoms with Crippen LogP contribution in [-0.4, -0.2) is 28.7 Å². The van der Waals surface area contributed by atoms with Crippen LogP contribution < -0.4 is 11.1 Å². The molecule has 34 heavy (non-hydrogen) atoms. The fraction of sp³-hybridized carbons (Fsp3) is 0.310. The van der Waals surface area contributed by atoms with Crippen molar-refractivity contribution in [2.24, 2.45) is 5.92 Å². The lowest BCUT2D eigenvalue weighted by Gasteiger charge is -2.38. The highest BCUT2D eigenvalue weighted by Crippen LogP contribution is 2.39. The number of hydrogen-bond donors (Lipinski definition) is 3. The lowest BCUT2D eigenvalue weighted by molar-refractivity contribution is 0.145. The van der Waals surface area contributed by atoms with E-state index in [4.69, 9.17) is 11.1 Å². The van der Waals surface area contributed by atoms with E-state index in [1.165, 1.54) is 36.9 Å². The molecule has 2 atom stereocenters. The molecule has 5 heteroatoms. The Labute approximate surface area is 202 Å². The van der Waals surface area contributed by atoms with Gasteiger partial charge in [-0.05, 0) is 80.6 Å². The van der Waals surface area contributed by atoms with E-state index in [9.17, 15) is 0 Å². The van der Waals surface area contributed by atoms with Crippen LogP contribution in [0.5, 0.6) is 0 Å². The topological polar surface area (TPSA) is 78.0 Å². The van der Waals surface area contributed by atoms with Crippen LogP contribution in [0.25, 0.3) is 0 Å². The van der Waals surface area contributed by atoms with Gasteiger partial charge in [0, 0.05) is 59.1 Å². The number of aromatic nitrogens is 1. The van der Waals surface area contributed by atoms with E-state index in [-0.39, 0.29) is 0 Å². The SMILES string of the molecule is CC(c1ccccc1)N1CCCC(C(Nc2ccc(N)c(C(=N)c3ccncc3)c2)=C2CC2)C1. The van der Waals surface area contributed by atoms with Gasteiger partial charge < -0.3 is 11.1 Å². The second-order valence-electron chi connectivity index (χ2n) is 9.48. The van der Waals surface area contributed by atoms with Gasteiger partial charge in [0.25, 0.3) is 0 Å². The maximum Gasteiger partial charge on any atom is 0.0707 e. The Morgan fingerprint density at radius 3 is 2.59 bits per heavy atom. The minimum Gasteiger partial charge on any atom is -0.398 e. The zero-order valence-electron chi connectivity index (χ0n) is 19.8. The van der Waals surface area contributed by atoms with Crippen LogP contribution in [0.2, 0.25) is 0 Å². The van der Waals surface area contributed by atoms with Gasteiger partial charge in [0.2, 0.25) is 0 Å². The molecule has 4 N–H and O–H groups in total. The van der Waals surface area contributed by atoms with Crippen LogP contribution in [0.15, 0.2) is 84.3 Å². The summed E-state index contributed by atoms with van der Waals surface area (Å²) in [6, 6.07) is 20.9. The lowest BCUT2D eigenvalue weighted by Crippen LogP contribution is -2.38. The first-order chi connectivity index (χ1) is 16.6. The molecule has 5 rings (SSSR count). The predicted molar refractivity (Wildman–Crippen MR) is 140 cm³/mol. The van der Waals surface area contributed by atoms with Crippen molar-refractivity contribution in [3.05, 3.63) is 101 Å². The van der Waals surface area contributed by atoms with Gasteiger partial charge in [0.05, 0.1) is 5.71 Å². The summed E-state index contributed by atoms with van der Waals surface area (Å²) in [4.78, 5) is 6.69. The molecular formula is C29H33N5. The standard InChI is InChI=1S/C29H33N5/c1-20(21-6-3-2-4-7-21)34-17-5-8-24(19-34)29(23-9-10-23)33-25-11-12-27(30)26(18-25)28(31)22-13-15-32-16-14-22/h2-4,6-7,11-16,18,20,24,31,33H,5,8-10,17,19,30H2,1H3. The summed E-state index contributed by atoms with van der Waals surface area (Å²) in [6.45, 7) is 4.53. The first kappa shape index (κ1) is 22.4. The Bertz CT molecular complexity index is 1180. The van der Waals surface area contributed by atoms with Gasteiger partial charge in [-0.1, -0.05) is 30.3 Å². The molecule has 0 spiro atoms. The van der Waals surface area contributed by atoms with E-state index in [1.807, 2.05) is 30.3 Å². The molecule has 0 radical (unpaired) electrons. The van der Waals surface area contributed by atoms with Crippen molar-refractivity contribution in [1.29, 1.82) is 5.41 Å². The molecule has 5 nitrogen and oxygen atoms in total. The molecular weight excluding hydrogens is 418 g/mol. The van der Waals surface area contributed by atoms with Crippen molar-refractivity contribution >= 4 is 17.1 Å². The number of rotatable bonds is 7. The van der Waals surface area contributed by atoms with Gasteiger partial charge in [-0.25, -0.2) is 0 Å². The third kappa shape index (κ3) is 4.90. The van der Waals surface area contributed by atoms with E-state index in [1.54, 1.807) is 18.0 Å². The molecule has 2 aromatic carbocycles. The number of nitrogen functional groups attached to an aromatic ring is 1. The molecule has 0 bridgehead atoms. The Kier molecular flexibility index (Phi) is 6.45. The zero-order valence-corrected chi connectivity index (χ0v) is 19.8. The quantitative estimate of drug-likeness (QED) is 0.303. The van der Waals surface area contributed by atoms with Crippen molar-refractivity contribution in [3.63, 3.8) is 0 Å². The average molecular weight is 452 g/mol. The number of likely N-dealkylation sites (tertiary alicyclic amines) is 1. The Hall–Kier alpha value is -3.44. The van der Waals surface area contributed by atoms with E-state index >= 15 is 0 Å². The molecule has 2 aliphatic rings. The van der Waals surface area contributed by atoms with Crippen molar-refractivity contribution < 1.29 is 0 Å². The number of pyridine rings is 1. The smallest absolute Gasteiger partial charge is 0.0707 e. The molecule has 3 aromatic rings. The van der Waals surface area contributed by atoms with Crippen molar-refractivity contribution in [2.45, 2.75) is 38.6 Å². The summed E-state index contributed by atoms with van der Waals surface area (Å²) in [5.41, 5.74) is 14.2. The monoisotopic (exact) mass is 451 g/mol. The number of benzene rings is 2. The Morgan fingerprint density at radius 1 is 1.09 bits per heavy atom. The van der Waals surface area contributed by atoms with Crippen molar-refractivity contribution in [3.8, 4) is 0 Å². The first-order valence-corrected chi connectivity index (χ1v) is 12.3. The van der Waals surface area contributed by atoms with Crippen LogP contribution in [0.4, 0.5) is 11.4 Å². The van der Waals surface area contributed by atoms with Gasteiger partial charge in [0.1, 0.15) is 0 Å². The van der Waals surface area contributed by atoms with Crippen LogP contribution in [0, 0.1) is 11.3 Å². The normalized spacial score (nSPS) is 18.9. The number of nitrogens with zero attached hydrogens (tertiary/aromatic N) is 2. The molecule has 1 aliphatic heterocycles. The van der Waals surface area contributed by atoms with Crippen LogP contribution in [0.3, 0.4) is 0 Å². The molecule has 174 valence electrons. The zero-order chi connectivity index (χ0) is 23.5. The lowest BCUT2D eigenvalue weighted by atomic mass is 9.91. The summed E-state index contributed by atoms with van der Waals surface area (Å²) < 4.78 is 0. The molecule has 2 heterocycles. The van der Waals surface area contributed by atoms with Crippen LogP contribution in [0.1, 0.15) is 55.3 Å². The molecule has 2 unspecified atom stereocenters. The summed E-state index contributed by atoms with van der Waals surface area (Å²) in [7, 11) is 0. The number of piperidine rings is 1. The number of anilines is 2. The average Bonchev–Trinajstić information content (AvgIpc) is 3.74. The second-order valence-corrected chi connectivity index (χ2v) is 9.48. The summed E-state index contributed by atoms with van der Waals surface area (Å²) >= 11 is 0. The highest BCUT2D eigenvalue weighted by atomic mass is 15.2. The molecule has 2 fully saturated rings. The maximum atomic E-state index is 8.68. The van der Waals surface area contributed by atoms with Gasteiger partial charge in [0.15, 0.2) is 0 Å². The number of nitrogens with two attached hydrogens (primary N) is 1. The van der Waals surface area contributed by atoms with Gasteiger partial charge in [-0.2, -0.15) is 0 Å². The minimum absolute atomic E-state index is 0.415. The Balaban J connectivity index is 1.35. The fourth-order valence-corrected chi connectivity index (χ4v) is 5.03. The molecule has 1 saturated carbocycles. The maximum absolute atomic E-state index is 8.68. The van der Waals surface area contributed by atoms with E-state index in [0.29, 0.717) is 23.4 Å². The van der Waals surface area contributed by atoms with Crippen molar-refractivity contribution in [1.82, 2.24) is 9.88 Å². The number of allylic oxidation sites excluding steroid dienone is 1. The second kappa shape index (κ2) is 9.82. The van der Waals surface area contributed by atoms with E-state index in [2.05, 4.69) is 52.5 Å². The Morgan fingerprint density at radius 2 is 1.85 bits per heavy atom. The summed E-state index contributed by atoms with van der Waals surface area (Å²) in [5.74, 6) is 0.498. The number of nitrogens with one attached hydrogen (secondary N) is 2. The summed E-state index contributed by atoms with van der Waals surface area (Å²) in [6.07, 6.45) is 8.20. The number of hydrogen-bond acceptors (Lipinski definition) is 5. The van der Waals surface area contributed by atoms with Crippen molar-refractivity contribution in [2.75, 3.05) is 24.1 Å². The van der Waals surface area contributed by atoms with Crippen LogP contribution in [-0.2, 0) is 0 Å². The van der Waals surface area contributed by atoms with Gasteiger partial charge in [-0.15, -0.1) is 0 Å². The molecule has 0 amide bonds. The van der Waals surface area contributed by atoms with Gasteiger partial charge in [-0.3, -0.25) is 15.3 Å². The summed E-state index contributed by atoms with van der Waals surface area (Å²) in [5, 5.41) is 12.5. The highest BCUT2D eigenvalue weighted by molar-refractivity contribution is 6.14. The molecule has 1 aromatic heterocycles. The molecule has 1 saturated heterocycles. The third-order valence-electron chi connectivity index (χ3n) is 7.14. The van der Waals surface area contributed by atoms with Gasteiger partial charge >= 0.3 is 0 Å². The molecule has 1 aliphatic carbocycles. The first-order valence-electron chi connectivity index (χ1n) is 12.3. The van der Waals surface area contributed by atoms with Crippen LogP contribution >= 0.6 is 0 Å². The highest BCUT2D eigenvalue weighted by Gasteiger charge is 2.30. The fourth-order valence-electron chi connectivity index (χ4n) is 5.03. The largest absolute Gasteiger partial charge is 0.398 e. The minimum atomic E-state index is 0.415. The van der Waals surface area contributed by atoms with E-state index in [0.717, 1.165) is 29.9 Å².